The van der Waals surface area contributed by atoms with Crippen molar-refractivity contribution in [2.75, 3.05) is 5.75 Å². The number of ketones is 2. The van der Waals surface area contributed by atoms with Crippen molar-refractivity contribution in [2.24, 2.45) is 11.8 Å². The summed E-state index contributed by atoms with van der Waals surface area (Å²) in [7, 11) is 0. The number of Topliss-reactive ketones (excluding diaryl/α,β-unsaturated/α-hetero) is 2. The molecule has 0 aliphatic heterocycles. The van der Waals surface area contributed by atoms with Crippen molar-refractivity contribution in [2.45, 2.75) is 52.2 Å². The molecule has 0 aliphatic rings. The second kappa shape index (κ2) is 9.13. The number of hydrogen-bond acceptors (Lipinski definition) is 4. The zero-order valence-electron chi connectivity index (χ0n) is 12.1. The molecule has 1 atom stereocenters. The Morgan fingerprint density at radius 1 is 1.05 bits per heavy atom. The third kappa shape index (κ3) is 8.81. The van der Waals surface area contributed by atoms with Crippen molar-refractivity contribution in [1.29, 1.82) is 0 Å². The Bertz CT molecular complexity index is 323. The lowest BCUT2D eigenvalue weighted by Gasteiger charge is -2.12. The van der Waals surface area contributed by atoms with Gasteiger partial charge in [0.25, 0.3) is 0 Å². The van der Waals surface area contributed by atoms with Crippen molar-refractivity contribution >= 4 is 29.3 Å². The Balaban J connectivity index is 4.17. The first-order chi connectivity index (χ1) is 8.73. The van der Waals surface area contributed by atoms with E-state index in [0.29, 0.717) is 5.92 Å². The average molecular weight is 288 g/mol. The van der Waals surface area contributed by atoms with Gasteiger partial charge in [-0.25, -0.2) is 0 Å². The maximum absolute atomic E-state index is 11.7. The highest BCUT2D eigenvalue weighted by molar-refractivity contribution is 8.00. The minimum Gasteiger partial charge on any atom is -0.480 e. The monoisotopic (exact) mass is 288 g/mol. The summed E-state index contributed by atoms with van der Waals surface area (Å²) >= 11 is 1.30. The van der Waals surface area contributed by atoms with Gasteiger partial charge in [0.15, 0.2) is 0 Å². The lowest BCUT2D eigenvalue weighted by Crippen LogP contribution is -2.22. The molecule has 0 heterocycles. The van der Waals surface area contributed by atoms with Crippen LogP contribution in [0.1, 0.15) is 47.0 Å². The van der Waals surface area contributed by atoms with E-state index in [4.69, 9.17) is 5.11 Å². The van der Waals surface area contributed by atoms with Gasteiger partial charge >= 0.3 is 5.97 Å². The van der Waals surface area contributed by atoms with E-state index < -0.39 is 11.2 Å². The molecule has 1 unspecified atom stereocenters. The molecule has 0 aromatic rings. The van der Waals surface area contributed by atoms with E-state index in [1.807, 2.05) is 13.8 Å². The Hall–Kier alpha value is -0.840. The smallest absolute Gasteiger partial charge is 0.317 e. The molecular formula is C14H24O4S. The lowest BCUT2D eigenvalue weighted by molar-refractivity contribution is -0.138. The Morgan fingerprint density at radius 2 is 1.63 bits per heavy atom. The van der Waals surface area contributed by atoms with Crippen LogP contribution in [0.15, 0.2) is 0 Å². The highest BCUT2D eigenvalue weighted by Gasteiger charge is 2.22. The molecule has 0 bridgehead atoms. The first-order valence-electron chi connectivity index (χ1n) is 6.62. The summed E-state index contributed by atoms with van der Waals surface area (Å²) in [5, 5.41) is 8.37. The normalized spacial score (nSPS) is 12.7. The molecule has 0 aliphatic carbocycles. The molecule has 0 rings (SSSR count). The van der Waals surface area contributed by atoms with Gasteiger partial charge in [-0.1, -0.05) is 27.7 Å². The second-order valence-electron chi connectivity index (χ2n) is 5.42. The molecule has 19 heavy (non-hydrogen) atoms. The Kier molecular flexibility index (Phi) is 8.72. The van der Waals surface area contributed by atoms with Crippen molar-refractivity contribution in [3.63, 3.8) is 0 Å². The van der Waals surface area contributed by atoms with E-state index in [1.165, 1.54) is 11.8 Å². The fourth-order valence-electron chi connectivity index (χ4n) is 1.39. The minimum atomic E-state index is -0.950. The van der Waals surface area contributed by atoms with Crippen LogP contribution in [0, 0.1) is 11.8 Å². The molecule has 0 aromatic carbocycles. The molecule has 0 spiro atoms. The van der Waals surface area contributed by atoms with Crippen LogP contribution in [0.3, 0.4) is 0 Å². The summed E-state index contributed by atoms with van der Waals surface area (Å²) in [5.74, 6) is -0.000385. The van der Waals surface area contributed by atoms with Crippen LogP contribution in [0.2, 0.25) is 0 Å². The summed E-state index contributed by atoms with van der Waals surface area (Å²) in [6, 6.07) is 0. The van der Waals surface area contributed by atoms with Crippen molar-refractivity contribution in [3.8, 4) is 0 Å². The van der Waals surface area contributed by atoms with Crippen molar-refractivity contribution < 1.29 is 19.5 Å². The maximum Gasteiger partial charge on any atom is 0.317 e. The van der Waals surface area contributed by atoms with Crippen LogP contribution >= 0.6 is 11.8 Å². The molecule has 110 valence electrons. The van der Waals surface area contributed by atoms with Gasteiger partial charge in [-0.15, -0.1) is 11.8 Å². The number of thioether (sulfide) groups is 1. The number of carbonyl (C=O) groups excluding carboxylic acids is 2. The van der Waals surface area contributed by atoms with Crippen LogP contribution < -0.4 is 0 Å². The van der Waals surface area contributed by atoms with Crippen LogP contribution in [-0.4, -0.2) is 33.6 Å². The number of carboxylic acid groups (broad SMARTS) is 1. The van der Waals surface area contributed by atoms with Gasteiger partial charge in [-0.2, -0.15) is 0 Å². The van der Waals surface area contributed by atoms with Crippen molar-refractivity contribution in [3.05, 3.63) is 0 Å². The number of hydrogen-bond donors (Lipinski definition) is 1. The Labute approximate surface area is 119 Å². The quantitative estimate of drug-likeness (QED) is 0.669. The standard InChI is InChI=1S/C14H24O4S/c1-9(2)8-19-13(14(17)18)7-11(15)5-6-12(16)10(3)4/h9-10,13H,5-8H2,1-4H3,(H,17,18). The van der Waals surface area contributed by atoms with Gasteiger partial charge in [0.05, 0.1) is 0 Å². The van der Waals surface area contributed by atoms with Crippen LogP contribution in [0.5, 0.6) is 0 Å². The molecule has 1 N–H and O–H groups in total. The van der Waals surface area contributed by atoms with Gasteiger partial charge < -0.3 is 5.11 Å². The fourth-order valence-corrected chi connectivity index (χ4v) is 2.45. The molecule has 0 radical (unpaired) electrons. The topological polar surface area (TPSA) is 71.4 Å². The zero-order valence-corrected chi connectivity index (χ0v) is 13.0. The van der Waals surface area contributed by atoms with Gasteiger partial charge in [0.2, 0.25) is 0 Å². The second-order valence-corrected chi connectivity index (χ2v) is 6.65. The predicted octanol–water partition coefficient (Wildman–Crippen LogP) is 2.79. The van der Waals surface area contributed by atoms with Crippen LogP contribution in [-0.2, 0) is 14.4 Å². The van der Waals surface area contributed by atoms with Crippen LogP contribution in [0.4, 0.5) is 0 Å². The molecular weight excluding hydrogens is 264 g/mol. The number of carboxylic acids is 1. The SMILES string of the molecule is CC(C)CSC(CC(=O)CCC(=O)C(C)C)C(=O)O. The molecule has 0 saturated carbocycles. The Morgan fingerprint density at radius 3 is 2.05 bits per heavy atom. The van der Waals surface area contributed by atoms with Gasteiger partial charge in [-0.3, -0.25) is 14.4 Å². The largest absolute Gasteiger partial charge is 0.480 e. The van der Waals surface area contributed by atoms with Gasteiger partial charge in [0, 0.05) is 25.2 Å². The summed E-state index contributed by atoms with van der Waals surface area (Å²) in [4.78, 5) is 34.2. The van der Waals surface area contributed by atoms with Gasteiger partial charge in [-0.05, 0) is 11.7 Å². The van der Waals surface area contributed by atoms with E-state index in [2.05, 4.69) is 0 Å². The molecule has 0 aromatic heterocycles. The first-order valence-corrected chi connectivity index (χ1v) is 7.67. The number of rotatable bonds is 10. The van der Waals surface area contributed by atoms with E-state index in [1.54, 1.807) is 13.8 Å². The summed E-state index contributed by atoms with van der Waals surface area (Å²) < 4.78 is 0. The fraction of sp³-hybridized carbons (Fsp3) is 0.786. The van der Waals surface area contributed by atoms with Crippen LogP contribution in [0.25, 0.3) is 0 Å². The maximum atomic E-state index is 11.7. The molecule has 4 nitrogen and oxygen atoms in total. The van der Waals surface area contributed by atoms with E-state index >= 15 is 0 Å². The van der Waals surface area contributed by atoms with E-state index in [-0.39, 0.29) is 36.7 Å². The lowest BCUT2D eigenvalue weighted by atomic mass is 10.0. The molecule has 0 amide bonds. The third-order valence-corrected chi connectivity index (χ3v) is 4.24. The highest BCUT2D eigenvalue weighted by atomic mass is 32.2. The molecule has 0 saturated heterocycles. The molecule has 0 fully saturated rings. The number of carbonyl (C=O) groups is 3. The van der Waals surface area contributed by atoms with E-state index in [0.717, 1.165) is 5.75 Å². The number of aliphatic carboxylic acids is 1. The summed E-state index contributed by atoms with van der Waals surface area (Å²) in [5.41, 5.74) is 0. The van der Waals surface area contributed by atoms with E-state index in [9.17, 15) is 14.4 Å². The average Bonchev–Trinajstić information content (AvgIpc) is 2.30. The van der Waals surface area contributed by atoms with Gasteiger partial charge in [0.1, 0.15) is 16.8 Å². The summed E-state index contributed by atoms with van der Waals surface area (Å²) in [6.45, 7) is 7.61. The highest BCUT2D eigenvalue weighted by Crippen LogP contribution is 2.19. The van der Waals surface area contributed by atoms with Crippen molar-refractivity contribution in [1.82, 2.24) is 0 Å². The molecule has 5 heteroatoms. The minimum absolute atomic E-state index is 0.0120. The predicted molar refractivity (Wildman–Crippen MR) is 77.4 cm³/mol. The summed E-state index contributed by atoms with van der Waals surface area (Å²) in [6.07, 6.45) is 0.388. The first kappa shape index (κ1) is 18.2. The third-order valence-electron chi connectivity index (χ3n) is 2.61. The zero-order chi connectivity index (χ0) is 15.0.